The van der Waals surface area contributed by atoms with Gasteiger partial charge in [-0.2, -0.15) is 0 Å². The fourth-order valence-electron chi connectivity index (χ4n) is 1.77. The Labute approximate surface area is 104 Å². The largest absolute Gasteiger partial charge is 0.444 e. The lowest BCUT2D eigenvalue weighted by molar-refractivity contribution is 0.0522. The third-order valence-corrected chi connectivity index (χ3v) is 2.68. The summed E-state index contributed by atoms with van der Waals surface area (Å²) in [5.41, 5.74) is 0.987. The van der Waals surface area contributed by atoms with E-state index in [-0.39, 0.29) is 6.09 Å². The van der Waals surface area contributed by atoms with Crippen LogP contribution in [0.2, 0.25) is 0 Å². The van der Waals surface area contributed by atoms with Crippen LogP contribution in [0, 0.1) is 5.92 Å². The number of nitrogens with one attached hydrogen (secondary N) is 2. The average molecular weight is 240 g/mol. The molecule has 0 bridgehead atoms. The van der Waals surface area contributed by atoms with Gasteiger partial charge in [-0.3, -0.25) is 0 Å². The van der Waals surface area contributed by atoms with E-state index < -0.39 is 5.60 Å². The number of carbonyl (C=O) groups excluding carboxylic acids is 1. The number of amides is 1. The van der Waals surface area contributed by atoms with Crippen molar-refractivity contribution < 1.29 is 9.53 Å². The third kappa shape index (κ3) is 5.73. The predicted octanol–water partition coefficient (Wildman–Crippen LogP) is 2.07. The van der Waals surface area contributed by atoms with Gasteiger partial charge in [0.25, 0.3) is 0 Å². The first kappa shape index (κ1) is 14.0. The van der Waals surface area contributed by atoms with Crippen molar-refractivity contribution in [2.24, 2.45) is 5.92 Å². The van der Waals surface area contributed by atoms with Gasteiger partial charge in [0.1, 0.15) is 5.60 Å². The molecular weight excluding hydrogens is 216 g/mol. The molecule has 0 fully saturated rings. The molecule has 98 valence electrons. The number of alkyl carbamates (subject to hydrolysis) is 1. The zero-order valence-electron chi connectivity index (χ0n) is 11.3. The van der Waals surface area contributed by atoms with Gasteiger partial charge in [-0.1, -0.05) is 18.6 Å². The van der Waals surface area contributed by atoms with E-state index >= 15 is 0 Å². The maximum absolute atomic E-state index is 11.5. The SMILES string of the molecule is CC(CNC(=O)OC(C)(C)C)C1=CCNCC1. The fourth-order valence-corrected chi connectivity index (χ4v) is 1.77. The van der Waals surface area contributed by atoms with Crippen LogP contribution in [0.5, 0.6) is 0 Å². The zero-order valence-corrected chi connectivity index (χ0v) is 11.3. The summed E-state index contributed by atoms with van der Waals surface area (Å²) in [6.45, 7) is 10.3. The molecule has 1 amide bonds. The van der Waals surface area contributed by atoms with Gasteiger partial charge in [-0.15, -0.1) is 0 Å². The minimum Gasteiger partial charge on any atom is -0.444 e. The Balaban J connectivity index is 2.30. The topological polar surface area (TPSA) is 50.4 Å². The molecule has 4 heteroatoms. The van der Waals surface area contributed by atoms with Crippen molar-refractivity contribution in [3.8, 4) is 0 Å². The molecule has 0 radical (unpaired) electrons. The molecule has 0 saturated carbocycles. The molecule has 1 unspecified atom stereocenters. The van der Waals surface area contributed by atoms with Crippen LogP contribution in [0.3, 0.4) is 0 Å². The molecule has 0 aromatic carbocycles. The zero-order chi connectivity index (χ0) is 12.9. The monoisotopic (exact) mass is 240 g/mol. The quantitative estimate of drug-likeness (QED) is 0.742. The first-order valence-electron chi connectivity index (χ1n) is 6.25. The summed E-state index contributed by atoms with van der Waals surface area (Å²) in [5, 5.41) is 6.09. The van der Waals surface area contributed by atoms with Gasteiger partial charge in [0.05, 0.1) is 0 Å². The van der Waals surface area contributed by atoms with E-state index in [0.29, 0.717) is 12.5 Å². The molecule has 0 aliphatic carbocycles. The molecule has 1 rings (SSSR count). The van der Waals surface area contributed by atoms with Crippen molar-refractivity contribution in [3.63, 3.8) is 0 Å². The van der Waals surface area contributed by atoms with Crippen molar-refractivity contribution in [3.05, 3.63) is 11.6 Å². The number of ether oxygens (including phenoxy) is 1. The highest BCUT2D eigenvalue weighted by Crippen LogP contribution is 2.15. The first-order valence-corrected chi connectivity index (χ1v) is 6.25. The number of hydrogen-bond acceptors (Lipinski definition) is 3. The minimum absolute atomic E-state index is 0.334. The van der Waals surface area contributed by atoms with Gasteiger partial charge in [0, 0.05) is 13.1 Å². The predicted molar refractivity (Wildman–Crippen MR) is 69.0 cm³/mol. The third-order valence-electron chi connectivity index (χ3n) is 2.68. The van der Waals surface area contributed by atoms with Crippen LogP contribution in [0.4, 0.5) is 4.79 Å². The van der Waals surface area contributed by atoms with Crippen LogP contribution in [0.15, 0.2) is 11.6 Å². The first-order chi connectivity index (χ1) is 7.88. The Morgan fingerprint density at radius 1 is 1.59 bits per heavy atom. The lowest BCUT2D eigenvalue weighted by atomic mass is 9.96. The average Bonchev–Trinajstić information content (AvgIpc) is 2.25. The van der Waals surface area contributed by atoms with E-state index in [1.165, 1.54) is 5.57 Å². The smallest absolute Gasteiger partial charge is 0.407 e. The van der Waals surface area contributed by atoms with E-state index in [4.69, 9.17) is 4.74 Å². The van der Waals surface area contributed by atoms with Crippen molar-refractivity contribution in [2.75, 3.05) is 19.6 Å². The summed E-state index contributed by atoms with van der Waals surface area (Å²) in [4.78, 5) is 11.5. The molecule has 0 spiro atoms. The van der Waals surface area contributed by atoms with Gasteiger partial charge in [0.2, 0.25) is 0 Å². The van der Waals surface area contributed by atoms with Crippen LogP contribution in [-0.2, 0) is 4.74 Å². The van der Waals surface area contributed by atoms with Gasteiger partial charge < -0.3 is 15.4 Å². The molecule has 0 aromatic heterocycles. The molecule has 1 atom stereocenters. The molecule has 0 saturated heterocycles. The number of rotatable bonds is 3. The molecular formula is C13H24N2O2. The van der Waals surface area contributed by atoms with Crippen molar-refractivity contribution in [2.45, 2.75) is 39.7 Å². The lowest BCUT2D eigenvalue weighted by Gasteiger charge is -2.23. The van der Waals surface area contributed by atoms with Gasteiger partial charge in [-0.25, -0.2) is 4.79 Å². The summed E-state index contributed by atoms with van der Waals surface area (Å²) in [7, 11) is 0. The molecule has 2 N–H and O–H groups in total. The van der Waals surface area contributed by atoms with Crippen molar-refractivity contribution in [1.29, 1.82) is 0 Å². The summed E-state index contributed by atoms with van der Waals surface area (Å²) >= 11 is 0. The summed E-state index contributed by atoms with van der Waals surface area (Å²) < 4.78 is 5.19. The van der Waals surface area contributed by atoms with E-state index in [1.54, 1.807) is 0 Å². The summed E-state index contributed by atoms with van der Waals surface area (Å²) in [6.07, 6.45) is 2.95. The van der Waals surface area contributed by atoms with Gasteiger partial charge in [-0.05, 0) is 39.7 Å². The highest BCUT2D eigenvalue weighted by atomic mass is 16.6. The van der Waals surface area contributed by atoms with E-state index in [2.05, 4.69) is 23.6 Å². The number of carbonyl (C=O) groups is 1. The minimum atomic E-state index is -0.429. The van der Waals surface area contributed by atoms with Crippen LogP contribution < -0.4 is 10.6 Å². The van der Waals surface area contributed by atoms with E-state index in [1.807, 2.05) is 20.8 Å². The van der Waals surface area contributed by atoms with Crippen LogP contribution >= 0.6 is 0 Å². The Morgan fingerprint density at radius 2 is 2.29 bits per heavy atom. The van der Waals surface area contributed by atoms with Crippen LogP contribution in [0.1, 0.15) is 34.1 Å². The van der Waals surface area contributed by atoms with Crippen LogP contribution in [0.25, 0.3) is 0 Å². The molecule has 1 aliphatic rings. The normalized spacial score (nSPS) is 18.2. The maximum atomic E-state index is 11.5. The summed E-state index contributed by atoms with van der Waals surface area (Å²) in [6, 6.07) is 0. The van der Waals surface area contributed by atoms with Gasteiger partial charge >= 0.3 is 6.09 Å². The Hall–Kier alpha value is -1.03. The lowest BCUT2D eigenvalue weighted by Crippen LogP contribution is -2.35. The molecule has 1 heterocycles. The maximum Gasteiger partial charge on any atom is 0.407 e. The highest BCUT2D eigenvalue weighted by molar-refractivity contribution is 5.67. The van der Waals surface area contributed by atoms with E-state index in [9.17, 15) is 4.79 Å². The second-order valence-electron chi connectivity index (χ2n) is 5.52. The molecule has 1 aliphatic heterocycles. The second kappa shape index (κ2) is 6.05. The molecule has 0 aromatic rings. The fraction of sp³-hybridized carbons (Fsp3) is 0.769. The Kier molecular flexibility index (Phi) is 5.00. The van der Waals surface area contributed by atoms with Gasteiger partial charge in [0.15, 0.2) is 0 Å². The van der Waals surface area contributed by atoms with Crippen LogP contribution in [-0.4, -0.2) is 31.3 Å². The number of hydrogen-bond donors (Lipinski definition) is 2. The molecule has 4 nitrogen and oxygen atoms in total. The molecule has 17 heavy (non-hydrogen) atoms. The standard InChI is InChI=1S/C13H24N2O2/c1-10(11-5-7-14-8-6-11)9-15-12(16)17-13(2,3)4/h5,10,14H,6-9H2,1-4H3,(H,15,16). The summed E-state index contributed by atoms with van der Waals surface area (Å²) in [5.74, 6) is 0.379. The Bertz CT molecular complexity index is 292. The highest BCUT2D eigenvalue weighted by Gasteiger charge is 2.17. The van der Waals surface area contributed by atoms with E-state index in [0.717, 1.165) is 19.5 Å². The van der Waals surface area contributed by atoms with Crippen molar-refractivity contribution in [1.82, 2.24) is 10.6 Å². The second-order valence-corrected chi connectivity index (χ2v) is 5.52. The Morgan fingerprint density at radius 3 is 2.82 bits per heavy atom. The van der Waals surface area contributed by atoms with Crippen molar-refractivity contribution >= 4 is 6.09 Å².